The zero-order valence-electron chi connectivity index (χ0n) is 20.9. The quantitative estimate of drug-likeness (QED) is 0.499. The van der Waals surface area contributed by atoms with Crippen LogP contribution >= 0.6 is 0 Å². The Morgan fingerprint density at radius 1 is 1.03 bits per heavy atom. The largest absolute Gasteiger partial charge is 0.493 e. The van der Waals surface area contributed by atoms with Crippen LogP contribution in [0.15, 0.2) is 47.7 Å². The molecule has 0 radical (unpaired) electrons. The number of anilines is 2. The van der Waals surface area contributed by atoms with Gasteiger partial charge >= 0.3 is 5.97 Å². The number of Topliss-reactive ketones (excluding diaryl/α,β-unsaturated/α-hetero) is 1. The normalized spacial score (nSPS) is 18.6. The smallest absolute Gasteiger partial charge is 0.308 e. The number of nitrogens with one attached hydrogen (secondary N) is 1. The van der Waals surface area contributed by atoms with Gasteiger partial charge in [0.15, 0.2) is 17.3 Å². The van der Waals surface area contributed by atoms with Gasteiger partial charge < -0.3 is 19.5 Å². The molecule has 0 spiro atoms. The summed E-state index contributed by atoms with van der Waals surface area (Å²) in [6.07, 6.45) is 0.996. The Morgan fingerprint density at radius 3 is 2.23 bits per heavy atom. The number of benzene rings is 2. The van der Waals surface area contributed by atoms with Crippen molar-refractivity contribution in [3.05, 3.63) is 53.2 Å². The van der Waals surface area contributed by atoms with Crippen molar-refractivity contribution < 1.29 is 28.6 Å². The number of ketones is 1. The maximum absolute atomic E-state index is 13.7. The molecule has 8 nitrogen and oxygen atoms in total. The molecule has 1 heterocycles. The van der Waals surface area contributed by atoms with Crippen molar-refractivity contribution in [2.45, 2.75) is 46.6 Å². The maximum atomic E-state index is 13.7. The van der Waals surface area contributed by atoms with Gasteiger partial charge in [0.25, 0.3) is 0 Å². The van der Waals surface area contributed by atoms with Crippen LogP contribution in [0.1, 0.15) is 52.1 Å². The Balaban J connectivity index is 2.03. The Bertz CT molecular complexity index is 1220. The molecule has 0 saturated heterocycles. The van der Waals surface area contributed by atoms with Crippen molar-refractivity contribution >= 4 is 29.0 Å². The number of ether oxygens (including phenoxy) is 3. The minimum atomic E-state index is -0.739. The number of hydrogen-bond acceptors (Lipinski definition) is 7. The molecule has 0 fully saturated rings. The van der Waals surface area contributed by atoms with Crippen molar-refractivity contribution in [2.24, 2.45) is 5.41 Å². The first-order valence-corrected chi connectivity index (χ1v) is 11.4. The summed E-state index contributed by atoms with van der Waals surface area (Å²) >= 11 is 0. The van der Waals surface area contributed by atoms with Crippen molar-refractivity contribution in [1.82, 2.24) is 0 Å². The van der Waals surface area contributed by atoms with Crippen LogP contribution in [0.5, 0.6) is 17.2 Å². The molecule has 1 amide bonds. The fourth-order valence-electron chi connectivity index (χ4n) is 4.95. The molecular weight excluding hydrogens is 448 g/mol. The number of rotatable bonds is 4. The molecule has 184 valence electrons. The highest BCUT2D eigenvalue weighted by Gasteiger charge is 2.43. The first-order valence-electron chi connectivity index (χ1n) is 11.4. The van der Waals surface area contributed by atoms with Gasteiger partial charge in [0.1, 0.15) is 0 Å². The van der Waals surface area contributed by atoms with Crippen molar-refractivity contribution in [3.63, 3.8) is 0 Å². The molecule has 0 saturated carbocycles. The lowest BCUT2D eigenvalue weighted by molar-refractivity contribution is -0.132. The van der Waals surface area contributed by atoms with Crippen LogP contribution in [0.4, 0.5) is 11.4 Å². The highest BCUT2D eigenvalue weighted by Crippen LogP contribution is 2.50. The number of methoxy groups -OCH3 is 2. The fourth-order valence-corrected chi connectivity index (χ4v) is 4.95. The third-order valence-electron chi connectivity index (χ3n) is 6.28. The van der Waals surface area contributed by atoms with Crippen LogP contribution < -0.4 is 24.4 Å². The van der Waals surface area contributed by atoms with E-state index >= 15 is 0 Å². The molecule has 2 aromatic carbocycles. The van der Waals surface area contributed by atoms with Crippen molar-refractivity contribution in [1.29, 1.82) is 0 Å². The third-order valence-corrected chi connectivity index (χ3v) is 6.28. The Morgan fingerprint density at radius 2 is 1.66 bits per heavy atom. The summed E-state index contributed by atoms with van der Waals surface area (Å²) in [5.74, 6) is -0.129. The average Bonchev–Trinajstić information content (AvgIpc) is 2.92. The average molecular weight is 479 g/mol. The Hall–Kier alpha value is -3.81. The van der Waals surface area contributed by atoms with Crippen molar-refractivity contribution in [2.75, 3.05) is 24.4 Å². The minimum Gasteiger partial charge on any atom is -0.493 e. The zero-order valence-corrected chi connectivity index (χ0v) is 20.9. The lowest BCUT2D eigenvalue weighted by atomic mass is 9.73. The number of fused-ring (bicyclic) bond motifs is 1. The summed E-state index contributed by atoms with van der Waals surface area (Å²) in [6, 6.07) is 10.1. The van der Waals surface area contributed by atoms with Crippen LogP contribution in [-0.2, 0) is 14.4 Å². The molecule has 8 heteroatoms. The van der Waals surface area contributed by atoms with E-state index < -0.39 is 12.0 Å². The van der Waals surface area contributed by atoms with Gasteiger partial charge in [-0.05, 0) is 41.7 Å². The van der Waals surface area contributed by atoms with Gasteiger partial charge in [0, 0.05) is 31.5 Å². The van der Waals surface area contributed by atoms with Crippen LogP contribution in [0.3, 0.4) is 0 Å². The first-order chi connectivity index (χ1) is 16.6. The molecule has 0 unspecified atom stereocenters. The fraction of sp³-hybridized carbons (Fsp3) is 0.370. The van der Waals surface area contributed by atoms with Gasteiger partial charge in [0.05, 0.1) is 31.6 Å². The van der Waals surface area contributed by atoms with Gasteiger partial charge in [-0.15, -0.1) is 0 Å². The molecule has 2 aromatic rings. The van der Waals surface area contributed by atoms with E-state index in [2.05, 4.69) is 19.2 Å². The predicted octanol–water partition coefficient (Wildman–Crippen LogP) is 4.79. The summed E-state index contributed by atoms with van der Waals surface area (Å²) < 4.78 is 16.4. The number of para-hydroxylation sites is 2. The zero-order chi connectivity index (χ0) is 25.5. The number of carbonyl (C=O) groups is 3. The third kappa shape index (κ3) is 4.48. The number of amides is 1. The lowest BCUT2D eigenvalue weighted by Gasteiger charge is -2.37. The SMILES string of the molecule is COc1cc([C@H]2C3=C(CC(C)(C)CC3=O)Nc3ccccc3N2C(C)=O)cc(OC)c1OC(C)=O. The second-order valence-corrected chi connectivity index (χ2v) is 9.62. The summed E-state index contributed by atoms with van der Waals surface area (Å²) in [4.78, 5) is 40.1. The van der Waals surface area contributed by atoms with E-state index in [1.165, 1.54) is 28.1 Å². The lowest BCUT2D eigenvalue weighted by Crippen LogP contribution is -2.38. The van der Waals surface area contributed by atoms with Gasteiger partial charge in [0.2, 0.25) is 11.7 Å². The van der Waals surface area contributed by atoms with Gasteiger partial charge in [-0.25, -0.2) is 0 Å². The molecule has 4 rings (SSSR count). The number of allylic oxidation sites excluding steroid dienone is 1. The molecule has 1 atom stereocenters. The number of carbonyl (C=O) groups excluding carboxylic acids is 3. The Kier molecular flexibility index (Phi) is 6.32. The Labute approximate surface area is 204 Å². The molecule has 1 aliphatic heterocycles. The number of hydrogen-bond donors (Lipinski definition) is 1. The number of esters is 1. The topological polar surface area (TPSA) is 94.2 Å². The number of nitrogens with zero attached hydrogens (tertiary/aromatic N) is 1. The van der Waals surface area contributed by atoms with E-state index in [1.54, 1.807) is 17.0 Å². The van der Waals surface area contributed by atoms with E-state index in [0.29, 0.717) is 29.7 Å². The van der Waals surface area contributed by atoms with Gasteiger partial charge in [-0.1, -0.05) is 26.0 Å². The van der Waals surface area contributed by atoms with E-state index in [1.807, 2.05) is 24.3 Å². The van der Waals surface area contributed by atoms with Gasteiger partial charge in [-0.2, -0.15) is 0 Å². The summed E-state index contributed by atoms with van der Waals surface area (Å²) in [5.41, 5.74) is 3.09. The van der Waals surface area contributed by atoms with Gasteiger partial charge in [-0.3, -0.25) is 19.3 Å². The van der Waals surface area contributed by atoms with Crippen LogP contribution in [-0.4, -0.2) is 31.9 Å². The van der Waals surface area contributed by atoms with Crippen LogP contribution in [0.2, 0.25) is 0 Å². The second kappa shape index (κ2) is 9.09. The van der Waals surface area contributed by atoms with E-state index in [4.69, 9.17) is 14.2 Å². The first kappa shape index (κ1) is 24.3. The summed E-state index contributed by atoms with van der Waals surface area (Å²) in [6.45, 7) is 6.89. The predicted molar refractivity (Wildman–Crippen MR) is 132 cm³/mol. The maximum Gasteiger partial charge on any atom is 0.308 e. The molecule has 2 aliphatic rings. The highest BCUT2D eigenvalue weighted by atomic mass is 16.6. The monoisotopic (exact) mass is 478 g/mol. The van der Waals surface area contributed by atoms with Crippen LogP contribution in [0.25, 0.3) is 0 Å². The summed E-state index contributed by atoms with van der Waals surface area (Å²) in [5, 5.41) is 3.46. The highest BCUT2D eigenvalue weighted by molar-refractivity contribution is 6.06. The van der Waals surface area contributed by atoms with Crippen molar-refractivity contribution in [3.8, 4) is 17.2 Å². The molecular formula is C27H30N2O6. The minimum absolute atomic E-state index is 0.0326. The summed E-state index contributed by atoms with van der Waals surface area (Å²) in [7, 11) is 2.91. The molecule has 1 aliphatic carbocycles. The van der Waals surface area contributed by atoms with E-state index in [-0.39, 0.29) is 34.4 Å². The second-order valence-electron chi connectivity index (χ2n) is 9.62. The molecule has 0 bridgehead atoms. The molecule has 0 aromatic heterocycles. The van der Waals surface area contributed by atoms with E-state index in [9.17, 15) is 14.4 Å². The standard InChI is InChI=1S/C27H30N2O6/c1-15(30)29-20-10-8-7-9-18(20)28-19-13-27(3,4)14-21(32)24(19)25(29)17-11-22(33-5)26(35-16(2)31)23(12-17)34-6/h7-12,25,28H,13-14H2,1-6H3/t25-/m0/s1. The van der Waals surface area contributed by atoms with Crippen LogP contribution in [0, 0.1) is 5.41 Å². The molecule has 35 heavy (non-hydrogen) atoms. The van der Waals surface area contributed by atoms with E-state index in [0.717, 1.165) is 11.4 Å². The molecule has 1 N–H and O–H groups in total.